The molecule has 2 aromatic carbocycles. The number of hydrogen-bond donors (Lipinski definition) is 1. The molecule has 37 heavy (non-hydrogen) atoms. The lowest BCUT2D eigenvalue weighted by Gasteiger charge is -2.32. The fourth-order valence-corrected chi connectivity index (χ4v) is 7.65. The molecule has 0 aliphatic carbocycles. The molecule has 0 radical (unpaired) electrons. The molecule has 0 amide bonds. The smallest absolute Gasteiger partial charge is 0.212 e. The van der Waals surface area contributed by atoms with Crippen molar-refractivity contribution in [3.05, 3.63) is 82.6 Å². The van der Waals surface area contributed by atoms with Gasteiger partial charge in [0.25, 0.3) is 0 Å². The largest absolute Gasteiger partial charge is 0.396 e. The molecule has 4 aliphatic rings. The molecule has 0 aromatic heterocycles. The van der Waals surface area contributed by atoms with Gasteiger partial charge in [0.1, 0.15) is 6.54 Å². The van der Waals surface area contributed by atoms with Gasteiger partial charge in [0.2, 0.25) is 5.69 Å². The Labute approximate surface area is 223 Å². The average Bonchev–Trinajstić information content (AvgIpc) is 3.28. The summed E-state index contributed by atoms with van der Waals surface area (Å²) in [5, 5.41) is 9.21. The lowest BCUT2D eigenvalue weighted by atomic mass is 9.76. The molecule has 194 valence electrons. The van der Waals surface area contributed by atoms with Crippen LogP contribution in [0.25, 0.3) is 0 Å². The Morgan fingerprint density at radius 2 is 1.68 bits per heavy atom. The van der Waals surface area contributed by atoms with Crippen LogP contribution >= 0.6 is 0 Å². The Morgan fingerprint density at radius 3 is 2.51 bits per heavy atom. The van der Waals surface area contributed by atoms with Gasteiger partial charge in [-0.3, -0.25) is 0 Å². The first-order valence-electron chi connectivity index (χ1n) is 14.6. The second kappa shape index (κ2) is 9.58. The van der Waals surface area contributed by atoms with Gasteiger partial charge in [-0.2, -0.15) is 4.58 Å². The molecule has 1 N–H and O–H groups in total. The number of unbranched alkanes of at least 4 members (excludes halogenated alkanes) is 3. The first-order valence-corrected chi connectivity index (χ1v) is 14.6. The van der Waals surface area contributed by atoms with Crippen LogP contribution in [0.2, 0.25) is 0 Å². The molecule has 6 rings (SSSR count). The minimum absolute atomic E-state index is 0.0254. The predicted molar refractivity (Wildman–Crippen MR) is 154 cm³/mol. The van der Waals surface area contributed by atoms with Gasteiger partial charge >= 0.3 is 0 Å². The minimum atomic E-state index is 0.0254. The van der Waals surface area contributed by atoms with E-state index in [1.165, 1.54) is 83.6 Å². The van der Waals surface area contributed by atoms with E-state index in [9.17, 15) is 5.11 Å². The molecule has 0 saturated heterocycles. The van der Waals surface area contributed by atoms with Gasteiger partial charge in [0.05, 0.1) is 5.41 Å². The van der Waals surface area contributed by atoms with Gasteiger partial charge in [0, 0.05) is 53.6 Å². The quantitative estimate of drug-likeness (QED) is 0.312. The second-order valence-electron chi connectivity index (χ2n) is 12.3. The molecule has 1 atom stereocenters. The second-order valence-corrected chi connectivity index (χ2v) is 12.3. The maximum atomic E-state index is 9.21. The van der Waals surface area contributed by atoms with Crippen molar-refractivity contribution in [3.8, 4) is 0 Å². The van der Waals surface area contributed by atoms with Crippen LogP contribution in [0.3, 0.4) is 0 Å². The number of nitrogens with zero attached hydrogens (tertiary/aromatic N) is 2. The number of benzene rings is 2. The topological polar surface area (TPSA) is 26.5 Å². The molecule has 1 unspecified atom stereocenters. The number of aliphatic hydroxyl groups is 1. The van der Waals surface area contributed by atoms with Crippen molar-refractivity contribution < 1.29 is 9.68 Å². The van der Waals surface area contributed by atoms with E-state index in [-0.39, 0.29) is 10.8 Å². The molecule has 0 bridgehead atoms. The summed E-state index contributed by atoms with van der Waals surface area (Å²) in [6, 6.07) is 13.9. The minimum Gasteiger partial charge on any atom is -0.396 e. The normalized spacial score (nSPS) is 24.3. The zero-order chi connectivity index (χ0) is 25.6. The number of para-hydroxylation sites is 2. The third kappa shape index (κ3) is 3.93. The van der Waals surface area contributed by atoms with E-state index < -0.39 is 0 Å². The summed E-state index contributed by atoms with van der Waals surface area (Å²) >= 11 is 0. The molecule has 0 saturated carbocycles. The van der Waals surface area contributed by atoms with Gasteiger partial charge in [0.15, 0.2) is 5.71 Å². The molecular formula is C34H43N2O+. The highest BCUT2D eigenvalue weighted by Gasteiger charge is 2.47. The number of aliphatic hydroxyl groups excluding tert-OH is 1. The van der Waals surface area contributed by atoms with Crippen molar-refractivity contribution in [3.63, 3.8) is 0 Å². The predicted octanol–water partition coefficient (Wildman–Crippen LogP) is 7.12. The molecule has 2 aromatic rings. The lowest BCUT2D eigenvalue weighted by Crippen LogP contribution is -2.31. The van der Waals surface area contributed by atoms with E-state index in [2.05, 4.69) is 84.9 Å². The summed E-state index contributed by atoms with van der Waals surface area (Å²) in [5.74, 6) is 0. The van der Waals surface area contributed by atoms with E-state index >= 15 is 0 Å². The maximum Gasteiger partial charge on any atom is 0.212 e. The first-order chi connectivity index (χ1) is 18.0. The van der Waals surface area contributed by atoms with Gasteiger partial charge in [-0.25, -0.2) is 0 Å². The molecule has 0 fully saturated rings. The van der Waals surface area contributed by atoms with Crippen molar-refractivity contribution in [2.24, 2.45) is 0 Å². The zero-order valence-electron chi connectivity index (χ0n) is 23.0. The SMILES string of the molecule is CC1(C)C(C=CC=C2N3CCCc4cccc(c43)C2(C)CCCCCCO)=[N+]2CCCc3cccc1c32. The fraction of sp³-hybridized carbons (Fsp3) is 0.500. The van der Waals surface area contributed by atoms with Gasteiger partial charge in [-0.1, -0.05) is 61.7 Å². The number of hydrogen-bond acceptors (Lipinski definition) is 2. The monoisotopic (exact) mass is 495 g/mol. The van der Waals surface area contributed by atoms with Crippen molar-refractivity contribution >= 4 is 17.1 Å². The fourth-order valence-electron chi connectivity index (χ4n) is 7.65. The highest BCUT2D eigenvalue weighted by atomic mass is 16.2. The Balaban J connectivity index is 1.36. The van der Waals surface area contributed by atoms with Gasteiger partial charge in [-0.15, -0.1) is 0 Å². The highest BCUT2D eigenvalue weighted by Crippen LogP contribution is 2.53. The summed E-state index contributed by atoms with van der Waals surface area (Å²) in [5.41, 5.74) is 12.0. The standard InChI is InChI=1S/C34H43N2O/c1-33(2)27-17-8-13-25-15-11-22-35(31(25)27)29(33)19-10-20-30-34(3,21-6-4-5-7-24-37)28-18-9-14-26-16-12-23-36(30)32(26)28/h8-10,13-14,17-20,37H,4-7,11-12,15-16,21-24H2,1-3H3/q+1. The Morgan fingerprint density at radius 1 is 0.919 bits per heavy atom. The van der Waals surface area contributed by atoms with E-state index in [4.69, 9.17) is 0 Å². The lowest BCUT2D eigenvalue weighted by molar-refractivity contribution is -0.443. The van der Waals surface area contributed by atoms with E-state index in [1.54, 1.807) is 0 Å². The number of rotatable bonds is 8. The third-order valence-electron chi connectivity index (χ3n) is 9.58. The highest BCUT2D eigenvalue weighted by molar-refractivity contribution is 6.03. The summed E-state index contributed by atoms with van der Waals surface area (Å²) in [4.78, 5) is 2.64. The van der Waals surface area contributed by atoms with Crippen molar-refractivity contribution in [1.29, 1.82) is 0 Å². The summed E-state index contributed by atoms with van der Waals surface area (Å²) in [7, 11) is 0. The summed E-state index contributed by atoms with van der Waals surface area (Å²) in [6.07, 6.45) is 17.6. The molecule has 4 aliphatic heterocycles. The van der Waals surface area contributed by atoms with Crippen LogP contribution < -0.4 is 4.90 Å². The Kier molecular flexibility index (Phi) is 6.39. The van der Waals surface area contributed by atoms with Crippen LogP contribution in [0.4, 0.5) is 11.4 Å². The van der Waals surface area contributed by atoms with Crippen LogP contribution in [-0.4, -0.2) is 35.1 Å². The maximum absolute atomic E-state index is 9.21. The molecule has 4 heterocycles. The van der Waals surface area contributed by atoms with Crippen molar-refractivity contribution in [2.45, 2.75) is 89.4 Å². The van der Waals surface area contributed by atoms with Crippen molar-refractivity contribution in [2.75, 3.05) is 24.6 Å². The Bertz CT molecular complexity index is 1300. The average molecular weight is 496 g/mol. The first kappa shape index (κ1) is 24.7. The molecule has 3 heteroatoms. The van der Waals surface area contributed by atoms with Crippen LogP contribution in [0.15, 0.2) is 60.3 Å². The van der Waals surface area contributed by atoms with E-state index in [1.807, 2.05) is 0 Å². The summed E-state index contributed by atoms with van der Waals surface area (Å²) in [6.45, 7) is 9.82. The van der Waals surface area contributed by atoms with Crippen LogP contribution in [-0.2, 0) is 23.7 Å². The zero-order valence-corrected chi connectivity index (χ0v) is 23.0. The van der Waals surface area contributed by atoms with E-state index in [0.29, 0.717) is 6.61 Å². The number of allylic oxidation sites excluding steroid dienone is 4. The molecule has 3 nitrogen and oxygen atoms in total. The van der Waals surface area contributed by atoms with Crippen molar-refractivity contribution in [1.82, 2.24) is 0 Å². The van der Waals surface area contributed by atoms with Gasteiger partial charge < -0.3 is 10.0 Å². The van der Waals surface area contributed by atoms with Crippen LogP contribution in [0.5, 0.6) is 0 Å². The van der Waals surface area contributed by atoms with E-state index in [0.717, 1.165) is 32.4 Å². The summed E-state index contributed by atoms with van der Waals surface area (Å²) < 4.78 is 2.60. The number of anilines is 1. The molecular weight excluding hydrogens is 452 g/mol. The van der Waals surface area contributed by atoms with Crippen LogP contribution in [0, 0.1) is 0 Å². The third-order valence-corrected chi connectivity index (χ3v) is 9.58. The van der Waals surface area contributed by atoms with Gasteiger partial charge in [-0.05, 0) is 70.1 Å². The van der Waals surface area contributed by atoms with Crippen LogP contribution in [0.1, 0.15) is 88.0 Å². The Hall–Kier alpha value is -2.65. The number of aryl methyl sites for hydroxylation is 2. The molecule has 0 spiro atoms.